The molecule has 4 rings (SSSR count). The topological polar surface area (TPSA) is 119 Å². The third kappa shape index (κ3) is 6.02. The summed E-state index contributed by atoms with van der Waals surface area (Å²) in [5.74, 6) is -0.737. The molecule has 0 aliphatic rings. The van der Waals surface area contributed by atoms with Crippen molar-refractivity contribution < 1.29 is 19.4 Å². The molecule has 0 bridgehead atoms. The lowest BCUT2D eigenvalue weighted by Gasteiger charge is -2.20. The lowest BCUT2D eigenvalue weighted by Crippen LogP contribution is -2.34. The summed E-state index contributed by atoms with van der Waals surface area (Å²) in [7, 11) is 0. The summed E-state index contributed by atoms with van der Waals surface area (Å²) >= 11 is 1.61. The number of carbonyl (C=O) groups is 2. The van der Waals surface area contributed by atoms with Crippen molar-refractivity contribution in [1.29, 1.82) is 0 Å². The molecule has 2 heterocycles. The third-order valence-electron chi connectivity index (χ3n) is 5.73. The standard InChI is InChI=1S/C25H27N5O4S/c1-2-3-12-21(24(31)32)30-23(27-28-29-30)20(14-18-16-35-22-13-8-7-11-19(18)22)26-25(33)34-15-17-9-5-4-6-10-17/h4-11,13,16,20-21H,2-3,12,14-15H2,1H3,(H,26,33)(H,31,32). The number of fused-ring (bicyclic) bond motifs is 1. The highest BCUT2D eigenvalue weighted by Crippen LogP contribution is 2.30. The number of amides is 1. The molecule has 9 nitrogen and oxygen atoms in total. The van der Waals surface area contributed by atoms with Crippen molar-refractivity contribution in [2.75, 3.05) is 0 Å². The molecule has 2 atom stereocenters. The van der Waals surface area contributed by atoms with Crippen LogP contribution in [0.25, 0.3) is 10.1 Å². The van der Waals surface area contributed by atoms with Gasteiger partial charge in [-0.15, -0.1) is 16.4 Å². The van der Waals surface area contributed by atoms with Crippen molar-refractivity contribution in [2.45, 2.75) is 51.3 Å². The van der Waals surface area contributed by atoms with Crippen LogP contribution in [-0.4, -0.2) is 37.4 Å². The Bertz CT molecular complexity index is 1270. The first-order valence-corrected chi connectivity index (χ1v) is 12.4. The first kappa shape index (κ1) is 24.3. The zero-order chi connectivity index (χ0) is 24.6. The summed E-state index contributed by atoms with van der Waals surface area (Å²) < 4.78 is 7.87. The molecule has 182 valence electrons. The smallest absolute Gasteiger partial charge is 0.408 e. The minimum Gasteiger partial charge on any atom is -0.480 e. The van der Waals surface area contributed by atoms with Crippen molar-refractivity contribution >= 4 is 33.5 Å². The second kappa shape index (κ2) is 11.6. The Hall–Kier alpha value is -3.79. The number of hydrogen-bond acceptors (Lipinski definition) is 7. The van der Waals surface area contributed by atoms with Crippen LogP contribution in [0.5, 0.6) is 0 Å². The fraction of sp³-hybridized carbons (Fsp3) is 0.320. The van der Waals surface area contributed by atoms with Crippen LogP contribution in [0.1, 0.15) is 55.2 Å². The first-order chi connectivity index (χ1) is 17.1. The van der Waals surface area contributed by atoms with Gasteiger partial charge in [0.05, 0.1) is 6.04 Å². The number of aliphatic carboxylic acids is 1. The number of ether oxygens (including phenoxy) is 1. The molecule has 35 heavy (non-hydrogen) atoms. The van der Waals surface area contributed by atoms with Gasteiger partial charge in [-0.1, -0.05) is 68.3 Å². The van der Waals surface area contributed by atoms with E-state index in [1.807, 2.05) is 66.9 Å². The Morgan fingerprint density at radius 3 is 2.69 bits per heavy atom. The van der Waals surface area contributed by atoms with Gasteiger partial charge in [-0.05, 0) is 44.8 Å². The van der Waals surface area contributed by atoms with Crippen LogP contribution in [-0.2, 0) is 22.6 Å². The highest BCUT2D eigenvalue weighted by molar-refractivity contribution is 7.17. The molecule has 0 spiro atoms. The molecule has 4 aromatic rings. The van der Waals surface area contributed by atoms with E-state index in [2.05, 4.69) is 20.8 Å². The number of tetrazole rings is 1. The van der Waals surface area contributed by atoms with E-state index in [1.165, 1.54) is 4.68 Å². The lowest BCUT2D eigenvalue weighted by atomic mass is 10.0. The molecule has 2 aromatic heterocycles. The minimum absolute atomic E-state index is 0.111. The molecule has 10 heteroatoms. The Kier molecular flexibility index (Phi) is 8.04. The molecule has 0 saturated carbocycles. The summed E-state index contributed by atoms with van der Waals surface area (Å²) in [4.78, 5) is 24.8. The van der Waals surface area contributed by atoms with Crippen molar-refractivity contribution in [3.8, 4) is 0 Å². The molecular formula is C25H27N5O4S. The number of alkyl carbamates (subject to hydrolysis) is 1. The molecule has 1 amide bonds. The van der Waals surface area contributed by atoms with E-state index >= 15 is 0 Å². The van der Waals surface area contributed by atoms with Gasteiger partial charge in [-0.25, -0.2) is 14.3 Å². The number of nitrogens with one attached hydrogen (secondary N) is 1. The van der Waals surface area contributed by atoms with Gasteiger partial charge in [0.1, 0.15) is 6.61 Å². The molecule has 0 radical (unpaired) electrons. The maximum absolute atomic E-state index is 12.8. The molecule has 2 aromatic carbocycles. The number of carboxylic acid groups (broad SMARTS) is 1. The van der Waals surface area contributed by atoms with Crippen LogP contribution in [0.3, 0.4) is 0 Å². The van der Waals surface area contributed by atoms with Gasteiger partial charge in [0.2, 0.25) is 0 Å². The Labute approximate surface area is 206 Å². The number of unbranched alkanes of at least 4 members (excludes halogenated alkanes) is 1. The number of carboxylic acids is 1. The zero-order valence-electron chi connectivity index (χ0n) is 19.3. The fourth-order valence-electron chi connectivity index (χ4n) is 3.92. The first-order valence-electron chi connectivity index (χ1n) is 11.5. The normalized spacial score (nSPS) is 12.8. The Balaban J connectivity index is 1.61. The van der Waals surface area contributed by atoms with Gasteiger partial charge >= 0.3 is 12.1 Å². The summed E-state index contributed by atoms with van der Waals surface area (Å²) in [6, 6.07) is 15.8. The fourth-order valence-corrected chi connectivity index (χ4v) is 4.90. The quantitative estimate of drug-likeness (QED) is 0.304. The predicted octanol–water partition coefficient (Wildman–Crippen LogP) is 4.91. The van der Waals surface area contributed by atoms with E-state index in [0.29, 0.717) is 19.3 Å². The maximum atomic E-state index is 12.8. The monoisotopic (exact) mass is 493 g/mol. The number of thiophene rings is 1. The third-order valence-corrected chi connectivity index (χ3v) is 6.74. The Morgan fingerprint density at radius 1 is 1.14 bits per heavy atom. The second-order valence-corrected chi connectivity index (χ2v) is 9.11. The molecule has 2 unspecified atom stereocenters. The molecule has 0 aliphatic heterocycles. The summed E-state index contributed by atoms with van der Waals surface area (Å²) in [6.45, 7) is 2.11. The predicted molar refractivity (Wildman–Crippen MR) is 132 cm³/mol. The Morgan fingerprint density at radius 2 is 1.91 bits per heavy atom. The summed E-state index contributed by atoms with van der Waals surface area (Å²) in [5.41, 5.74) is 1.87. The average molecular weight is 494 g/mol. The number of aromatic nitrogens is 4. The van der Waals surface area contributed by atoms with E-state index in [0.717, 1.165) is 27.6 Å². The van der Waals surface area contributed by atoms with E-state index < -0.39 is 24.1 Å². The summed E-state index contributed by atoms with van der Waals surface area (Å²) in [6.07, 6.45) is 1.69. The van der Waals surface area contributed by atoms with Crippen molar-refractivity contribution in [3.05, 3.63) is 76.9 Å². The van der Waals surface area contributed by atoms with Gasteiger partial charge in [0.25, 0.3) is 0 Å². The van der Waals surface area contributed by atoms with Crippen LogP contribution in [0.15, 0.2) is 60.0 Å². The van der Waals surface area contributed by atoms with Gasteiger partial charge in [-0.3, -0.25) is 0 Å². The number of rotatable bonds is 11. The van der Waals surface area contributed by atoms with Crippen LogP contribution in [0.2, 0.25) is 0 Å². The van der Waals surface area contributed by atoms with Crippen molar-refractivity contribution in [2.24, 2.45) is 0 Å². The van der Waals surface area contributed by atoms with Gasteiger partial charge in [-0.2, -0.15) is 0 Å². The van der Waals surface area contributed by atoms with Gasteiger partial charge in [0.15, 0.2) is 11.9 Å². The van der Waals surface area contributed by atoms with E-state index in [1.54, 1.807) is 11.3 Å². The molecular weight excluding hydrogens is 466 g/mol. The largest absolute Gasteiger partial charge is 0.480 e. The van der Waals surface area contributed by atoms with Crippen LogP contribution in [0.4, 0.5) is 4.79 Å². The molecule has 0 saturated heterocycles. The number of hydrogen-bond donors (Lipinski definition) is 2. The van der Waals surface area contributed by atoms with E-state index in [4.69, 9.17) is 4.74 Å². The highest BCUT2D eigenvalue weighted by Gasteiger charge is 2.30. The van der Waals surface area contributed by atoms with Crippen LogP contribution >= 0.6 is 11.3 Å². The summed E-state index contributed by atoms with van der Waals surface area (Å²) in [5, 5.41) is 27.7. The molecule has 0 fully saturated rings. The van der Waals surface area contributed by atoms with E-state index in [-0.39, 0.29) is 12.4 Å². The lowest BCUT2D eigenvalue weighted by molar-refractivity contribution is -0.141. The maximum Gasteiger partial charge on any atom is 0.408 e. The van der Waals surface area contributed by atoms with Gasteiger partial charge in [0, 0.05) is 11.1 Å². The van der Waals surface area contributed by atoms with Crippen molar-refractivity contribution in [1.82, 2.24) is 25.5 Å². The molecule has 0 aliphatic carbocycles. The number of carbonyl (C=O) groups excluding carboxylic acids is 1. The minimum atomic E-state index is -1.02. The van der Waals surface area contributed by atoms with Gasteiger partial charge < -0.3 is 15.2 Å². The average Bonchev–Trinajstić information content (AvgIpc) is 3.51. The number of benzene rings is 2. The number of nitrogens with zero attached hydrogens (tertiary/aromatic N) is 4. The van der Waals surface area contributed by atoms with Crippen molar-refractivity contribution in [3.63, 3.8) is 0 Å². The van der Waals surface area contributed by atoms with Crippen LogP contribution < -0.4 is 5.32 Å². The SMILES string of the molecule is CCCCC(C(=O)O)n1nnnc1C(Cc1csc2ccccc12)NC(=O)OCc1ccccc1. The van der Waals surface area contributed by atoms with E-state index in [9.17, 15) is 14.7 Å². The second-order valence-electron chi connectivity index (χ2n) is 8.20. The molecule has 2 N–H and O–H groups in total. The highest BCUT2D eigenvalue weighted by atomic mass is 32.1. The van der Waals surface area contributed by atoms with Crippen LogP contribution in [0, 0.1) is 0 Å². The zero-order valence-corrected chi connectivity index (χ0v) is 20.1.